The Hall–Kier alpha value is -2.67. The molecule has 0 saturated heterocycles. The summed E-state index contributed by atoms with van der Waals surface area (Å²) in [5.41, 5.74) is 5.64. The van der Waals surface area contributed by atoms with Gasteiger partial charge in [-0.3, -0.25) is 9.10 Å². The van der Waals surface area contributed by atoms with Crippen LogP contribution in [0.1, 0.15) is 60.9 Å². The number of amides is 1. The van der Waals surface area contributed by atoms with Gasteiger partial charge >= 0.3 is 0 Å². The molecule has 1 aliphatic carbocycles. The van der Waals surface area contributed by atoms with Crippen molar-refractivity contribution in [2.24, 2.45) is 5.10 Å². The van der Waals surface area contributed by atoms with Crippen molar-refractivity contribution in [1.82, 2.24) is 5.43 Å². The van der Waals surface area contributed by atoms with Crippen LogP contribution in [-0.2, 0) is 16.6 Å². The molecular weight excluding hydrogens is 398 g/mol. The molecule has 3 rings (SSSR count). The smallest absolute Gasteiger partial charge is 0.267 e. The van der Waals surface area contributed by atoms with Gasteiger partial charge in [0.25, 0.3) is 5.91 Å². The van der Waals surface area contributed by atoms with Crippen LogP contribution < -0.4 is 9.73 Å². The van der Waals surface area contributed by atoms with Crippen LogP contribution in [0.3, 0.4) is 0 Å². The molecule has 2 aromatic carbocycles. The van der Waals surface area contributed by atoms with Gasteiger partial charge < -0.3 is 0 Å². The Balaban J connectivity index is 1.65. The topological polar surface area (TPSA) is 78.8 Å². The lowest BCUT2D eigenvalue weighted by molar-refractivity contribution is 0.0954. The first-order chi connectivity index (χ1) is 14.4. The van der Waals surface area contributed by atoms with Crippen LogP contribution in [-0.4, -0.2) is 26.3 Å². The lowest BCUT2D eigenvalue weighted by atomic mass is 9.99. The van der Waals surface area contributed by atoms with Gasteiger partial charge in [-0.1, -0.05) is 49.6 Å². The zero-order chi connectivity index (χ0) is 21.4. The highest BCUT2D eigenvalue weighted by Gasteiger charge is 2.18. The highest BCUT2D eigenvalue weighted by molar-refractivity contribution is 7.92. The minimum absolute atomic E-state index is 0.201. The summed E-state index contributed by atoms with van der Waals surface area (Å²) in [6.45, 7) is 0.201. The molecule has 7 heteroatoms. The number of nitrogens with one attached hydrogen (secondary N) is 1. The van der Waals surface area contributed by atoms with Gasteiger partial charge in [0.1, 0.15) is 0 Å². The molecule has 0 heterocycles. The van der Waals surface area contributed by atoms with E-state index in [0.29, 0.717) is 11.3 Å². The number of anilines is 1. The van der Waals surface area contributed by atoms with Crippen LogP contribution in [0.2, 0.25) is 0 Å². The molecule has 0 atom stereocenters. The number of nitrogens with zero attached hydrogens (tertiary/aromatic N) is 2. The zero-order valence-corrected chi connectivity index (χ0v) is 18.2. The average molecular weight is 428 g/mol. The Morgan fingerprint density at radius 2 is 1.53 bits per heavy atom. The lowest BCUT2D eigenvalue weighted by Gasteiger charge is -2.22. The van der Waals surface area contributed by atoms with Gasteiger partial charge in [0.15, 0.2) is 0 Å². The van der Waals surface area contributed by atoms with E-state index in [1.807, 2.05) is 6.07 Å². The van der Waals surface area contributed by atoms with Crippen LogP contribution >= 0.6 is 0 Å². The standard InChI is InChI=1S/C23H29N3O3S/c1-30(28,29)26(22-12-8-5-9-13-22)18-19-14-16-20(17-15-19)23(27)25-24-21-10-6-3-2-4-7-11-21/h5,8-9,12-17H,2-4,6-7,10-11,18H2,1H3,(H,25,27). The van der Waals surface area contributed by atoms with E-state index in [-0.39, 0.29) is 12.5 Å². The molecule has 0 aliphatic heterocycles. The molecule has 1 saturated carbocycles. The SMILES string of the molecule is CS(=O)(=O)N(Cc1ccc(C(=O)NN=C2CCCCCCC2)cc1)c1ccccc1. The van der Waals surface area contributed by atoms with Crippen LogP contribution in [0, 0.1) is 0 Å². The molecule has 0 aromatic heterocycles. The van der Waals surface area contributed by atoms with Crippen LogP contribution in [0.4, 0.5) is 5.69 Å². The Labute approximate surface area is 179 Å². The quantitative estimate of drug-likeness (QED) is 0.690. The highest BCUT2D eigenvalue weighted by Crippen LogP contribution is 2.20. The summed E-state index contributed by atoms with van der Waals surface area (Å²) >= 11 is 0. The van der Waals surface area contributed by atoms with E-state index < -0.39 is 10.0 Å². The Morgan fingerprint density at radius 1 is 0.933 bits per heavy atom. The molecule has 2 aromatic rings. The predicted molar refractivity (Wildman–Crippen MR) is 121 cm³/mol. The zero-order valence-electron chi connectivity index (χ0n) is 17.4. The van der Waals surface area contributed by atoms with Crippen molar-refractivity contribution in [1.29, 1.82) is 0 Å². The number of rotatable bonds is 6. The van der Waals surface area contributed by atoms with Gasteiger partial charge in [-0.15, -0.1) is 0 Å². The van der Waals surface area contributed by atoms with E-state index in [4.69, 9.17) is 0 Å². The van der Waals surface area contributed by atoms with Crippen molar-refractivity contribution in [3.63, 3.8) is 0 Å². The molecule has 1 aliphatic rings. The summed E-state index contributed by atoms with van der Waals surface area (Å²) in [7, 11) is -3.43. The second kappa shape index (κ2) is 10.4. The van der Waals surface area contributed by atoms with E-state index in [1.165, 1.54) is 29.8 Å². The van der Waals surface area contributed by atoms with Gasteiger partial charge in [-0.05, 0) is 55.5 Å². The summed E-state index contributed by atoms with van der Waals surface area (Å²) in [6.07, 6.45) is 9.07. The van der Waals surface area contributed by atoms with E-state index in [0.717, 1.165) is 37.0 Å². The maximum atomic E-state index is 12.4. The number of hydrogen-bond donors (Lipinski definition) is 1. The first kappa shape index (κ1) is 22.0. The van der Waals surface area contributed by atoms with E-state index in [2.05, 4.69) is 10.5 Å². The molecule has 6 nitrogen and oxygen atoms in total. The summed E-state index contributed by atoms with van der Waals surface area (Å²) in [5, 5.41) is 4.33. The van der Waals surface area contributed by atoms with E-state index in [1.54, 1.807) is 48.5 Å². The maximum absolute atomic E-state index is 12.4. The van der Waals surface area contributed by atoms with Crippen LogP contribution in [0.15, 0.2) is 59.7 Å². The summed E-state index contributed by atoms with van der Waals surface area (Å²) < 4.78 is 25.8. The highest BCUT2D eigenvalue weighted by atomic mass is 32.2. The molecule has 0 radical (unpaired) electrons. The molecule has 0 spiro atoms. The van der Waals surface area contributed by atoms with Gasteiger partial charge in [-0.2, -0.15) is 5.10 Å². The minimum Gasteiger partial charge on any atom is -0.267 e. The van der Waals surface area contributed by atoms with Gasteiger partial charge in [-0.25, -0.2) is 13.8 Å². The van der Waals surface area contributed by atoms with Crippen molar-refractivity contribution in [3.05, 3.63) is 65.7 Å². The third-order valence-corrected chi connectivity index (χ3v) is 6.37. The summed E-state index contributed by atoms with van der Waals surface area (Å²) in [6, 6.07) is 15.9. The molecule has 1 N–H and O–H groups in total. The molecular formula is C23H29N3O3S. The number of hydrazone groups is 1. The van der Waals surface area contributed by atoms with Gasteiger partial charge in [0.2, 0.25) is 10.0 Å². The number of sulfonamides is 1. The minimum atomic E-state index is -3.43. The van der Waals surface area contributed by atoms with Gasteiger partial charge in [0.05, 0.1) is 18.5 Å². The molecule has 1 amide bonds. The van der Waals surface area contributed by atoms with Gasteiger partial charge in [0, 0.05) is 11.3 Å². The third-order valence-electron chi connectivity index (χ3n) is 5.23. The number of para-hydroxylation sites is 1. The normalized spacial score (nSPS) is 15.0. The average Bonchev–Trinajstić information content (AvgIpc) is 2.71. The van der Waals surface area contributed by atoms with E-state index >= 15 is 0 Å². The summed E-state index contributed by atoms with van der Waals surface area (Å²) in [5.74, 6) is -0.251. The monoisotopic (exact) mass is 427 g/mol. The number of carbonyl (C=O) groups is 1. The number of benzene rings is 2. The van der Waals surface area contributed by atoms with Crippen molar-refractivity contribution >= 4 is 27.3 Å². The van der Waals surface area contributed by atoms with Crippen molar-refractivity contribution < 1.29 is 13.2 Å². The predicted octanol–water partition coefficient (Wildman–Crippen LogP) is 4.48. The lowest BCUT2D eigenvalue weighted by Crippen LogP contribution is -2.29. The Kier molecular flexibility index (Phi) is 7.63. The summed E-state index contributed by atoms with van der Waals surface area (Å²) in [4.78, 5) is 12.4. The van der Waals surface area contributed by atoms with Crippen molar-refractivity contribution in [2.45, 2.75) is 51.5 Å². The van der Waals surface area contributed by atoms with Crippen LogP contribution in [0.5, 0.6) is 0 Å². The first-order valence-electron chi connectivity index (χ1n) is 10.4. The first-order valence-corrected chi connectivity index (χ1v) is 12.3. The fourth-order valence-corrected chi connectivity index (χ4v) is 4.43. The Bertz CT molecular complexity index is 961. The molecule has 1 fully saturated rings. The van der Waals surface area contributed by atoms with E-state index in [9.17, 15) is 13.2 Å². The maximum Gasteiger partial charge on any atom is 0.271 e. The van der Waals surface area contributed by atoms with Crippen molar-refractivity contribution in [3.8, 4) is 0 Å². The molecule has 0 unspecified atom stereocenters. The second-order valence-corrected chi connectivity index (χ2v) is 9.60. The number of carbonyl (C=O) groups excluding carboxylic acids is 1. The number of hydrogen-bond acceptors (Lipinski definition) is 4. The Morgan fingerprint density at radius 3 is 2.13 bits per heavy atom. The fraction of sp³-hybridized carbons (Fsp3) is 0.391. The van der Waals surface area contributed by atoms with Crippen LogP contribution in [0.25, 0.3) is 0 Å². The molecule has 0 bridgehead atoms. The molecule has 160 valence electrons. The largest absolute Gasteiger partial charge is 0.271 e. The fourth-order valence-electron chi connectivity index (χ4n) is 3.54. The molecule has 30 heavy (non-hydrogen) atoms. The van der Waals surface area contributed by atoms with Crippen molar-refractivity contribution in [2.75, 3.05) is 10.6 Å². The second-order valence-electron chi connectivity index (χ2n) is 7.69. The third kappa shape index (κ3) is 6.42.